The highest BCUT2D eigenvalue weighted by Gasteiger charge is 2.26. The lowest BCUT2D eigenvalue weighted by Gasteiger charge is -2.28. The Morgan fingerprint density at radius 2 is 2.00 bits per heavy atom. The van der Waals surface area contributed by atoms with Gasteiger partial charge in [-0.1, -0.05) is 18.2 Å². The number of hydrogen-bond donors (Lipinski definition) is 1. The number of imidazole rings is 1. The van der Waals surface area contributed by atoms with Crippen LogP contribution >= 0.6 is 0 Å². The summed E-state index contributed by atoms with van der Waals surface area (Å²) in [4.78, 5) is 21.5. The summed E-state index contributed by atoms with van der Waals surface area (Å²) in [7, 11) is 0. The van der Waals surface area contributed by atoms with Gasteiger partial charge in [0, 0.05) is 11.7 Å². The van der Waals surface area contributed by atoms with E-state index in [0.29, 0.717) is 17.7 Å². The Morgan fingerprint density at radius 1 is 1.20 bits per heavy atom. The van der Waals surface area contributed by atoms with Gasteiger partial charge in [0.25, 0.3) is 5.91 Å². The molecule has 1 aromatic carbocycles. The average molecular weight is 336 g/mol. The van der Waals surface area contributed by atoms with Crippen molar-refractivity contribution in [3.8, 4) is 5.75 Å². The van der Waals surface area contributed by atoms with E-state index in [4.69, 9.17) is 4.74 Å². The van der Waals surface area contributed by atoms with Gasteiger partial charge in [-0.3, -0.25) is 14.7 Å². The number of aromatic nitrogens is 3. The monoisotopic (exact) mass is 336 g/mol. The molecule has 0 bridgehead atoms. The Kier molecular flexibility index (Phi) is 4.09. The highest BCUT2D eigenvalue weighted by molar-refractivity contribution is 5.92. The predicted octanol–water partition coefficient (Wildman–Crippen LogP) is 3.48. The van der Waals surface area contributed by atoms with Gasteiger partial charge in [-0.2, -0.15) is 0 Å². The Hall–Kier alpha value is -2.89. The largest absolute Gasteiger partial charge is 0.484 e. The maximum Gasteiger partial charge on any atom is 0.264 e. The molecule has 25 heavy (non-hydrogen) atoms. The zero-order chi connectivity index (χ0) is 17.2. The van der Waals surface area contributed by atoms with Gasteiger partial charge in [-0.15, -0.1) is 0 Å². The molecular weight excluding hydrogens is 316 g/mol. The van der Waals surface area contributed by atoms with Crippen molar-refractivity contribution in [3.63, 3.8) is 0 Å². The van der Waals surface area contributed by atoms with E-state index in [0.717, 1.165) is 29.7 Å². The highest BCUT2D eigenvalue weighted by atomic mass is 16.5. The zero-order valence-electron chi connectivity index (χ0n) is 14.1. The van der Waals surface area contributed by atoms with Gasteiger partial charge in [-0.05, 0) is 50.5 Å². The molecule has 0 saturated heterocycles. The van der Waals surface area contributed by atoms with E-state index in [1.807, 2.05) is 49.4 Å². The number of nitrogens with zero attached hydrogens (tertiary/aromatic N) is 3. The lowest BCUT2D eigenvalue weighted by atomic mass is 9.93. The maximum atomic E-state index is 12.3. The number of rotatable bonds is 5. The number of carbonyl (C=O) groups is 1. The number of carbonyl (C=O) groups excluding carboxylic acids is 1. The van der Waals surface area contributed by atoms with Crippen molar-refractivity contribution in [1.82, 2.24) is 14.5 Å². The summed E-state index contributed by atoms with van der Waals surface area (Å²) in [5, 5.41) is 2.89. The molecule has 0 atom stereocenters. The number of benzene rings is 1. The second-order valence-electron chi connectivity index (χ2n) is 6.34. The van der Waals surface area contributed by atoms with Crippen LogP contribution in [0.3, 0.4) is 0 Å². The summed E-state index contributed by atoms with van der Waals surface area (Å²) in [6.07, 6.45) is 3.37. The Bertz CT molecular complexity index is 900. The fraction of sp³-hybridized carbons (Fsp3) is 0.316. The fourth-order valence-electron chi connectivity index (χ4n) is 2.97. The van der Waals surface area contributed by atoms with Crippen LogP contribution in [0.4, 0.5) is 5.95 Å². The molecule has 2 heterocycles. The number of nitrogens with one attached hydrogen (secondary N) is 1. The Balaban J connectivity index is 1.55. The van der Waals surface area contributed by atoms with E-state index >= 15 is 0 Å². The van der Waals surface area contributed by atoms with E-state index < -0.39 is 0 Å². The molecule has 0 spiro atoms. The first-order valence-corrected chi connectivity index (χ1v) is 8.54. The summed E-state index contributed by atoms with van der Waals surface area (Å²) in [5.41, 5.74) is 2.58. The number of anilines is 1. The minimum absolute atomic E-state index is 0.0512. The van der Waals surface area contributed by atoms with Crippen molar-refractivity contribution in [2.75, 3.05) is 11.9 Å². The first-order valence-electron chi connectivity index (χ1n) is 8.54. The average Bonchev–Trinajstić information content (AvgIpc) is 2.90. The number of para-hydroxylation sites is 1. The van der Waals surface area contributed by atoms with E-state index in [-0.39, 0.29) is 12.5 Å². The second-order valence-corrected chi connectivity index (χ2v) is 6.34. The Labute approximate surface area is 145 Å². The van der Waals surface area contributed by atoms with Gasteiger partial charge < -0.3 is 4.74 Å². The molecule has 0 radical (unpaired) electrons. The van der Waals surface area contributed by atoms with Crippen LogP contribution in [0.25, 0.3) is 11.2 Å². The van der Waals surface area contributed by atoms with Crippen LogP contribution in [-0.2, 0) is 4.79 Å². The first-order chi connectivity index (χ1) is 12.2. The third kappa shape index (κ3) is 3.20. The minimum Gasteiger partial charge on any atom is -0.484 e. The lowest BCUT2D eigenvalue weighted by Crippen LogP contribution is -2.25. The molecule has 2 aromatic heterocycles. The first kappa shape index (κ1) is 15.6. The molecular formula is C19H20N4O2. The predicted molar refractivity (Wildman–Crippen MR) is 95.7 cm³/mol. The van der Waals surface area contributed by atoms with Crippen molar-refractivity contribution in [2.24, 2.45) is 0 Å². The third-order valence-electron chi connectivity index (χ3n) is 4.48. The van der Waals surface area contributed by atoms with Crippen LogP contribution < -0.4 is 10.1 Å². The molecule has 1 aliphatic carbocycles. The SMILES string of the molecule is Cc1ccc2nc(NC(=O)COc3ccccc3)n(C3CCC3)c2n1. The highest BCUT2D eigenvalue weighted by Crippen LogP contribution is 2.36. The van der Waals surface area contributed by atoms with Crippen LogP contribution in [0, 0.1) is 6.92 Å². The number of pyridine rings is 1. The summed E-state index contributed by atoms with van der Waals surface area (Å²) >= 11 is 0. The number of amides is 1. The van der Waals surface area contributed by atoms with Crippen molar-refractivity contribution in [1.29, 1.82) is 0 Å². The normalized spacial score (nSPS) is 14.3. The van der Waals surface area contributed by atoms with Crippen LogP contribution in [0.2, 0.25) is 0 Å². The van der Waals surface area contributed by atoms with Crippen molar-refractivity contribution in [3.05, 3.63) is 48.2 Å². The van der Waals surface area contributed by atoms with E-state index in [1.165, 1.54) is 6.42 Å². The maximum absolute atomic E-state index is 12.3. The minimum atomic E-state index is -0.226. The number of fused-ring (bicyclic) bond motifs is 1. The van der Waals surface area contributed by atoms with Gasteiger partial charge in [0.1, 0.15) is 11.3 Å². The molecule has 3 aromatic rings. The van der Waals surface area contributed by atoms with Crippen LogP contribution in [0.15, 0.2) is 42.5 Å². The van der Waals surface area contributed by atoms with Crippen molar-refractivity contribution in [2.45, 2.75) is 32.2 Å². The molecule has 128 valence electrons. The van der Waals surface area contributed by atoms with Gasteiger partial charge in [0.05, 0.1) is 0 Å². The van der Waals surface area contributed by atoms with Gasteiger partial charge in [0.2, 0.25) is 5.95 Å². The van der Waals surface area contributed by atoms with Crippen LogP contribution in [0.1, 0.15) is 31.0 Å². The molecule has 1 saturated carbocycles. The van der Waals surface area contributed by atoms with Crippen molar-refractivity contribution >= 4 is 23.0 Å². The molecule has 4 rings (SSSR count). The molecule has 0 unspecified atom stereocenters. The summed E-state index contributed by atoms with van der Waals surface area (Å²) in [5.74, 6) is 0.998. The van der Waals surface area contributed by atoms with Crippen LogP contribution in [0.5, 0.6) is 5.75 Å². The molecule has 0 aliphatic heterocycles. The summed E-state index contributed by atoms with van der Waals surface area (Å²) < 4.78 is 7.57. The lowest BCUT2D eigenvalue weighted by molar-refractivity contribution is -0.118. The molecule has 1 aliphatic rings. The summed E-state index contributed by atoms with van der Waals surface area (Å²) in [6, 6.07) is 13.5. The standard InChI is InChI=1S/C19H20N4O2/c1-13-10-11-16-18(20-13)23(14-6-5-7-14)19(21-16)22-17(24)12-25-15-8-3-2-4-9-15/h2-4,8-11,14H,5-7,12H2,1H3,(H,21,22,24). The van der Waals surface area contributed by atoms with E-state index in [2.05, 4.69) is 19.9 Å². The number of aryl methyl sites for hydroxylation is 1. The van der Waals surface area contributed by atoms with Crippen molar-refractivity contribution < 1.29 is 9.53 Å². The van der Waals surface area contributed by atoms with Gasteiger partial charge in [0.15, 0.2) is 12.3 Å². The Morgan fingerprint density at radius 3 is 2.72 bits per heavy atom. The molecule has 6 nitrogen and oxygen atoms in total. The van der Waals surface area contributed by atoms with E-state index in [1.54, 1.807) is 0 Å². The zero-order valence-corrected chi connectivity index (χ0v) is 14.1. The number of hydrogen-bond acceptors (Lipinski definition) is 4. The smallest absolute Gasteiger partial charge is 0.264 e. The topological polar surface area (TPSA) is 69.0 Å². The van der Waals surface area contributed by atoms with E-state index in [9.17, 15) is 4.79 Å². The fourth-order valence-corrected chi connectivity index (χ4v) is 2.97. The quantitative estimate of drug-likeness (QED) is 0.774. The second kappa shape index (κ2) is 6.55. The number of ether oxygens (including phenoxy) is 1. The van der Waals surface area contributed by atoms with Gasteiger partial charge in [-0.25, -0.2) is 9.97 Å². The van der Waals surface area contributed by atoms with Gasteiger partial charge >= 0.3 is 0 Å². The molecule has 1 N–H and O–H groups in total. The van der Waals surface area contributed by atoms with Crippen LogP contribution in [-0.4, -0.2) is 27.0 Å². The third-order valence-corrected chi connectivity index (χ3v) is 4.48. The molecule has 6 heteroatoms. The molecule has 1 amide bonds. The molecule has 1 fully saturated rings. The summed E-state index contributed by atoms with van der Waals surface area (Å²) in [6.45, 7) is 1.91.